The Kier molecular flexibility index (Phi) is 4.17. The molecule has 0 bridgehead atoms. The average molecular weight is 259 g/mol. The summed E-state index contributed by atoms with van der Waals surface area (Å²) in [6, 6.07) is 14.3. The lowest BCUT2D eigenvalue weighted by molar-refractivity contribution is 0.185. The second kappa shape index (κ2) is 5.85. The Balaban J connectivity index is 2.08. The Labute approximate surface area is 113 Å². The summed E-state index contributed by atoms with van der Waals surface area (Å²) in [4.78, 5) is 1.72. The average Bonchev–Trinajstić information content (AvgIpc) is 2.39. The lowest BCUT2D eigenvalue weighted by Crippen LogP contribution is -2.24. The minimum absolute atomic E-state index is 0.277. The van der Waals surface area contributed by atoms with Crippen molar-refractivity contribution in [1.82, 2.24) is 0 Å². The minimum Gasteiger partial charge on any atom is -0.387 e. The quantitative estimate of drug-likeness (QED) is 0.910. The Morgan fingerprint density at radius 1 is 1.11 bits per heavy atom. The first kappa shape index (κ1) is 13.6. The maximum absolute atomic E-state index is 13.6. The predicted octanol–water partition coefficient (Wildman–Crippen LogP) is 3.30. The van der Waals surface area contributed by atoms with E-state index < -0.39 is 6.10 Å². The molecule has 0 spiro atoms. The Hall–Kier alpha value is -1.87. The van der Waals surface area contributed by atoms with E-state index in [0.29, 0.717) is 12.2 Å². The molecular formula is C16H18FNO. The van der Waals surface area contributed by atoms with Crippen molar-refractivity contribution >= 4 is 5.69 Å². The fraction of sp³-hybridized carbons (Fsp3) is 0.250. The summed E-state index contributed by atoms with van der Waals surface area (Å²) in [7, 11) is 1.77. The molecule has 0 aromatic heterocycles. The summed E-state index contributed by atoms with van der Waals surface area (Å²) >= 11 is 0. The van der Waals surface area contributed by atoms with Crippen LogP contribution in [0.15, 0.2) is 48.5 Å². The number of halogens is 1. The Morgan fingerprint density at radius 3 is 2.37 bits per heavy atom. The molecule has 0 aliphatic rings. The highest BCUT2D eigenvalue weighted by Crippen LogP contribution is 2.21. The standard InChI is InChI=1S/C16H18FNO/c1-12-7-9-13(10-8-12)16(19)11-18(2)15-6-4-3-5-14(15)17/h3-10,16,19H,11H2,1-2H3. The number of rotatable bonds is 4. The Morgan fingerprint density at radius 2 is 1.74 bits per heavy atom. The molecule has 0 aliphatic carbocycles. The van der Waals surface area contributed by atoms with Crippen LogP contribution < -0.4 is 4.90 Å². The highest BCUT2D eigenvalue weighted by atomic mass is 19.1. The first-order chi connectivity index (χ1) is 9.08. The molecule has 3 heteroatoms. The van der Waals surface area contributed by atoms with Crippen LogP contribution in [0.3, 0.4) is 0 Å². The molecule has 1 atom stereocenters. The van der Waals surface area contributed by atoms with Gasteiger partial charge in [0.05, 0.1) is 11.8 Å². The van der Waals surface area contributed by atoms with Gasteiger partial charge in [0.15, 0.2) is 0 Å². The molecule has 0 radical (unpaired) electrons. The summed E-state index contributed by atoms with van der Waals surface area (Å²) in [5.74, 6) is -0.277. The maximum Gasteiger partial charge on any atom is 0.146 e. The zero-order valence-corrected chi connectivity index (χ0v) is 11.2. The van der Waals surface area contributed by atoms with Gasteiger partial charge in [-0.25, -0.2) is 4.39 Å². The van der Waals surface area contributed by atoms with Crippen LogP contribution in [-0.2, 0) is 0 Å². The van der Waals surface area contributed by atoms with Crippen LogP contribution in [0, 0.1) is 12.7 Å². The van der Waals surface area contributed by atoms with Crippen LogP contribution in [0.25, 0.3) is 0 Å². The topological polar surface area (TPSA) is 23.5 Å². The number of hydrogen-bond donors (Lipinski definition) is 1. The second-order valence-corrected chi connectivity index (χ2v) is 4.76. The zero-order valence-electron chi connectivity index (χ0n) is 11.2. The molecule has 1 unspecified atom stereocenters. The monoisotopic (exact) mass is 259 g/mol. The van der Waals surface area contributed by atoms with Gasteiger partial charge in [0.1, 0.15) is 5.82 Å². The van der Waals surface area contributed by atoms with Gasteiger partial charge in [-0.05, 0) is 24.6 Å². The highest BCUT2D eigenvalue weighted by Gasteiger charge is 2.13. The van der Waals surface area contributed by atoms with Crippen molar-refractivity contribution in [1.29, 1.82) is 0 Å². The fourth-order valence-electron chi connectivity index (χ4n) is 2.01. The molecule has 19 heavy (non-hydrogen) atoms. The molecule has 100 valence electrons. The number of aliphatic hydroxyl groups is 1. The minimum atomic E-state index is -0.634. The van der Waals surface area contributed by atoms with E-state index in [1.807, 2.05) is 31.2 Å². The van der Waals surface area contributed by atoms with Crippen molar-refractivity contribution in [2.24, 2.45) is 0 Å². The van der Waals surface area contributed by atoms with E-state index in [9.17, 15) is 9.50 Å². The van der Waals surface area contributed by atoms with E-state index in [0.717, 1.165) is 11.1 Å². The van der Waals surface area contributed by atoms with Crippen LogP contribution in [0.2, 0.25) is 0 Å². The zero-order chi connectivity index (χ0) is 13.8. The van der Waals surface area contributed by atoms with E-state index in [2.05, 4.69) is 0 Å². The van der Waals surface area contributed by atoms with E-state index in [1.54, 1.807) is 30.1 Å². The predicted molar refractivity (Wildman–Crippen MR) is 75.8 cm³/mol. The molecule has 0 saturated carbocycles. The van der Waals surface area contributed by atoms with Gasteiger partial charge in [-0.1, -0.05) is 42.0 Å². The van der Waals surface area contributed by atoms with E-state index in [1.165, 1.54) is 6.07 Å². The second-order valence-electron chi connectivity index (χ2n) is 4.76. The van der Waals surface area contributed by atoms with Crippen molar-refractivity contribution in [2.45, 2.75) is 13.0 Å². The number of anilines is 1. The van der Waals surface area contributed by atoms with Gasteiger partial charge in [-0.15, -0.1) is 0 Å². The molecule has 0 fully saturated rings. The number of aliphatic hydroxyl groups excluding tert-OH is 1. The largest absolute Gasteiger partial charge is 0.387 e. The van der Waals surface area contributed by atoms with Crippen molar-refractivity contribution in [2.75, 3.05) is 18.5 Å². The molecule has 0 aliphatic heterocycles. The van der Waals surface area contributed by atoms with Gasteiger partial charge >= 0.3 is 0 Å². The van der Waals surface area contributed by atoms with Gasteiger partial charge in [0.2, 0.25) is 0 Å². The third kappa shape index (κ3) is 3.32. The van der Waals surface area contributed by atoms with Crippen molar-refractivity contribution < 1.29 is 9.50 Å². The third-order valence-corrected chi connectivity index (χ3v) is 3.17. The molecule has 2 rings (SSSR count). The molecule has 2 nitrogen and oxygen atoms in total. The number of likely N-dealkylation sites (N-methyl/N-ethyl adjacent to an activating group) is 1. The normalized spacial score (nSPS) is 12.2. The van der Waals surface area contributed by atoms with Gasteiger partial charge in [0, 0.05) is 13.6 Å². The number of nitrogens with zero attached hydrogens (tertiary/aromatic N) is 1. The highest BCUT2D eigenvalue weighted by molar-refractivity contribution is 5.47. The lowest BCUT2D eigenvalue weighted by atomic mass is 10.1. The summed E-state index contributed by atoms with van der Waals surface area (Å²) < 4.78 is 13.6. The number of hydrogen-bond acceptors (Lipinski definition) is 2. The maximum atomic E-state index is 13.6. The van der Waals surface area contributed by atoms with Crippen LogP contribution in [0.5, 0.6) is 0 Å². The first-order valence-electron chi connectivity index (χ1n) is 6.28. The molecular weight excluding hydrogens is 241 g/mol. The summed E-state index contributed by atoms with van der Waals surface area (Å²) in [5, 5.41) is 10.2. The SMILES string of the molecule is Cc1ccc(C(O)CN(C)c2ccccc2F)cc1. The molecule has 0 heterocycles. The molecule has 2 aromatic rings. The van der Waals surface area contributed by atoms with Crippen molar-refractivity contribution in [3.63, 3.8) is 0 Å². The lowest BCUT2D eigenvalue weighted by Gasteiger charge is -2.23. The van der Waals surface area contributed by atoms with Crippen LogP contribution in [0.1, 0.15) is 17.2 Å². The molecule has 1 N–H and O–H groups in total. The van der Waals surface area contributed by atoms with E-state index in [4.69, 9.17) is 0 Å². The van der Waals surface area contributed by atoms with Crippen LogP contribution in [0.4, 0.5) is 10.1 Å². The van der Waals surface area contributed by atoms with Crippen molar-refractivity contribution in [3.8, 4) is 0 Å². The van der Waals surface area contributed by atoms with Crippen LogP contribution >= 0.6 is 0 Å². The van der Waals surface area contributed by atoms with Gasteiger partial charge in [-0.2, -0.15) is 0 Å². The molecule has 0 saturated heterocycles. The van der Waals surface area contributed by atoms with Gasteiger partial charge in [0.25, 0.3) is 0 Å². The summed E-state index contributed by atoms with van der Waals surface area (Å²) in [5.41, 5.74) is 2.49. The number of aryl methyl sites for hydroxylation is 1. The van der Waals surface area contributed by atoms with Crippen LogP contribution in [-0.4, -0.2) is 18.7 Å². The van der Waals surface area contributed by atoms with Gasteiger partial charge < -0.3 is 10.0 Å². The fourth-order valence-corrected chi connectivity index (χ4v) is 2.01. The molecule has 2 aromatic carbocycles. The van der Waals surface area contributed by atoms with E-state index >= 15 is 0 Å². The summed E-state index contributed by atoms with van der Waals surface area (Å²) in [6.07, 6.45) is -0.634. The Bertz CT molecular complexity index is 539. The third-order valence-electron chi connectivity index (χ3n) is 3.17. The van der Waals surface area contributed by atoms with Crippen molar-refractivity contribution in [3.05, 3.63) is 65.5 Å². The first-order valence-corrected chi connectivity index (χ1v) is 6.28. The van der Waals surface area contributed by atoms with Gasteiger partial charge in [-0.3, -0.25) is 0 Å². The smallest absolute Gasteiger partial charge is 0.146 e. The van der Waals surface area contributed by atoms with E-state index in [-0.39, 0.29) is 5.82 Å². The number of para-hydroxylation sites is 1. The number of benzene rings is 2. The molecule has 0 amide bonds. The summed E-state index contributed by atoms with van der Waals surface area (Å²) in [6.45, 7) is 2.35.